The molecule has 0 spiro atoms. The molecule has 1 aliphatic heterocycles. The van der Waals surface area contributed by atoms with Gasteiger partial charge in [0, 0.05) is 26.1 Å². The zero-order chi connectivity index (χ0) is 16.7. The Morgan fingerprint density at radius 1 is 1.26 bits per heavy atom. The van der Waals surface area contributed by atoms with E-state index < -0.39 is 0 Å². The molecule has 23 heavy (non-hydrogen) atoms. The zero-order valence-corrected chi connectivity index (χ0v) is 14.5. The van der Waals surface area contributed by atoms with Gasteiger partial charge in [0.05, 0.1) is 0 Å². The van der Waals surface area contributed by atoms with Crippen molar-refractivity contribution in [1.82, 2.24) is 10.2 Å². The Bertz CT molecular complexity index is 508. The van der Waals surface area contributed by atoms with Crippen LogP contribution >= 0.6 is 0 Å². The SMILES string of the molecule is Cc1ccc(CCC(=O)NCCN2CCC(CO)CC2)cc1C. The molecule has 0 saturated carbocycles. The van der Waals surface area contributed by atoms with E-state index in [-0.39, 0.29) is 5.91 Å². The molecule has 1 heterocycles. The summed E-state index contributed by atoms with van der Waals surface area (Å²) >= 11 is 0. The van der Waals surface area contributed by atoms with Gasteiger partial charge in [-0.3, -0.25) is 4.79 Å². The number of hydrogen-bond donors (Lipinski definition) is 2. The highest BCUT2D eigenvalue weighted by Crippen LogP contribution is 2.15. The zero-order valence-electron chi connectivity index (χ0n) is 14.5. The van der Waals surface area contributed by atoms with Gasteiger partial charge < -0.3 is 15.3 Å². The molecule has 1 amide bonds. The first-order valence-electron chi connectivity index (χ1n) is 8.74. The second kappa shape index (κ2) is 9.04. The first-order chi connectivity index (χ1) is 11.1. The van der Waals surface area contributed by atoms with Gasteiger partial charge in [0.15, 0.2) is 0 Å². The van der Waals surface area contributed by atoms with Crippen LogP contribution < -0.4 is 5.32 Å². The second-order valence-electron chi connectivity index (χ2n) is 6.74. The third-order valence-corrected chi connectivity index (χ3v) is 4.93. The highest BCUT2D eigenvalue weighted by molar-refractivity contribution is 5.76. The van der Waals surface area contributed by atoms with Crippen LogP contribution in [0.3, 0.4) is 0 Å². The molecule has 2 N–H and O–H groups in total. The number of piperidine rings is 1. The van der Waals surface area contributed by atoms with Crippen LogP contribution in [0.2, 0.25) is 0 Å². The minimum absolute atomic E-state index is 0.133. The predicted octanol–water partition coefficient (Wildman–Crippen LogP) is 2.06. The van der Waals surface area contributed by atoms with Crippen molar-refractivity contribution >= 4 is 5.91 Å². The van der Waals surface area contributed by atoms with Crippen molar-refractivity contribution in [3.8, 4) is 0 Å². The molecular formula is C19H30N2O2. The average Bonchev–Trinajstić information content (AvgIpc) is 2.56. The van der Waals surface area contributed by atoms with Crippen LogP contribution in [0.5, 0.6) is 0 Å². The standard InChI is InChI=1S/C19H30N2O2/c1-15-3-4-17(13-16(15)2)5-6-19(23)20-9-12-21-10-7-18(14-22)8-11-21/h3-4,13,18,22H,5-12,14H2,1-2H3,(H,20,23). The number of carbonyl (C=O) groups excluding carboxylic acids is 1. The largest absolute Gasteiger partial charge is 0.396 e. The number of aryl methyl sites for hydroxylation is 3. The third-order valence-electron chi connectivity index (χ3n) is 4.93. The monoisotopic (exact) mass is 318 g/mol. The van der Waals surface area contributed by atoms with Crippen molar-refractivity contribution in [1.29, 1.82) is 0 Å². The number of rotatable bonds is 7. The lowest BCUT2D eigenvalue weighted by Gasteiger charge is -2.30. The number of aliphatic hydroxyl groups is 1. The van der Waals surface area contributed by atoms with Crippen molar-refractivity contribution in [3.63, 3.8) is 0 Å². The maximum absolute atomic E-state index is 11.9. The normalized spacial score (nSPS) is 16.5. The molecule has 0 unspecified atom stereocenters. The van der Waals surface area contributed by atoms with Gasteiger partial charge in [-0.05, 0) is 68.8 Å². The molecule has 0 atom stereocenters. The predicted molar refractivity (Wildman–Crippen MR) is 93.5 cm³/mol. The molecule has 0 aromatic heterocycles. The lowest BCUT2D eigenvalue weighted by atomic mass is 9.98. The molecule has 4 nitrogen and oxygen atoms in total. The molecule has 1 aromatic carbocycles. The summed E-state index contributed by atoms with van der Waals surface area (Å²) in [5, 5.41) is 12.2. The fourth-order valence-corrected chi connectivity index (χ4v) is 3.05. The van der Waals surface area contributed by atoms with Gasteiger partial charge in [0.1, 0.15) is 0 Å². The van der Waals surface area contributed by atoms with Crippen molar-refractivity contribution in [2.45, 2.75) is 39.5 Å². The Morgan fingerprint density at radius 2 is 2.00 bits per heavy atom. The number of carbonyl (C=O) groups is 1. The number of likely N-dealkylation sites (tertiary alicyclic amines) is 1. The number of amides is 1. The molecule has 128 valence electrons. The van der Waals surface area contributed by atoms with Crippen LogP contribution in [-0.4, -0.2) is 48.7 Å². The van der Waals surface area contributed by atoms with Crippen LogP contribution in [0, 0.1) is 19.8 Å². The van der Waals surface area contributed by atoms with E-state index in [2.05, 4.69) is 42.3 Å². The molecule has 1 fully saturated rings. The van der Waals surface area contributed by atoms with E-state index in [9.17, 15) is 4.79 Å². The number of nitrogens with zero attached hydrogens (tertiary/aromatic N) is 1. The van der Waals surface area contributed by atoms with Crippen LogP contribution in [0.4, 0.5) is 0 Å². The molecule has 0 bridgehead atoms. The van der Waals surface area contributed by atoms with Gasteiger partial charge >= 0.3 is 0 Å². The van der Waals surface area contributed by atoms with Crippen LogP contribution in [-0.2, 0) is 11.2 Å². The lowest BCUT2D eigenvalue weighted by Crippen LogP contribution is -2.40. The van der Waals surface area contributed by atoms with Gasteiger partial charge in [0.2, 0.25) is 5.91 Å². The molecule has 0 radical (unpaired) electrons. The molecule has 1 aromatic rings. The highest BCUT2D eigenvalue weighted by Gasteiger charge is 2.17. The quantitative estimate of drug-likeness (QED) is 0.809. The summed E-state index contributed by atoms with van der Waals surface area (Å²) in [5.74, 6) is 0.604. The fourth-order valence-electron chi connectivity index (χ4n) is 3.05. The molecule has 2 rings (SSSR count). The van der Waals surface area contributed by atoms with E-state index >= 15 is 0 Å². The van der Waals surface area contributed by atoms with Crippen molar-refractivity contribution in [2.24, 2.45) is 5.92 Å². The smallest absolute Gasteiger partial charge is 0.220 e. The Labute approximate surface area is 139 Å². The minimum atomic E-state index is 0.133. The number of nitrogens with one attached hydrogen (secondary N) is 1. The van der Waals surface area contributed by atoms with Crippen molar-refractivity contribution in [3.05, 3.63) is 34.9 Å². The summed E-state index contributed by atoms with van der Waals surface area (Å²) in [5.41, 5.74) is 3.81. The summed E-state index contributed by atoms with van der Waals surface area (Å²) < 4.78 is 0. The van der Waals surface area contributed by atoms with Crippen LogP contribution in [0.1, 0.15) is 36.0 Å². The van der Waals surface area contributed by atoms with E-state index in [0.29, 0.717) is 18.9 Å². The van der Waals surface area contributed by atoms with E-state index in [1.807, 2.05) is 0 Å². The molecule has 1 saturated heterocycles. The first-order valence-corrected chi connectivity index (χ1v) is 8.74. The van der Waals surface area contributed by atoms with E-state index in [1.165, 1.54) is 16.7 Å². The van der Waals surface area contributed by atoms with Gasteiger partial charge in [-0.25, -0.2) is 0 Å². The van der Waals surface area contributed by atoms with Gasteiger partial charge in [-0.2, -0.15) is 0 Å². The van der Waals surface area contributed by atoms with Crippen LogP contribution in [0.15, 0.2) is 18.2 Å². The van der Waals surface area contributed by atoms with E-state index in [1.54, 1.807) is 0 Å². The molecule has 0 aliphatic carbocycles. The second-order valence-corrected chi connectivity index (χ2v) is 6.74. The van der Waals surface area contributed by atoms with Crippen molar-refractivity contribution < 1.29 is 9.90 Å². The number of benzene rings is 1. The van der Waals surface area contributed by atoms with E-state index in [0.717, 1.165) is 45.4 Å². The number of aliphatic hydroxyl groups excluding tert-OH is 1. The van der Waals surface area contributed by atoms with Crippen molar-refractivity contribution in [2.75, 3.05) is 32.8 Å². The van der Waals surface area contributed by atoms with E-state index in [4.69, 9.17) is 5.11 Å². The lowest BCUT2D eigenvalue weighted by molar-refractivity contribution is -0.121. The average molecular weight is 318 g/mol. The van der Waals surface area contributed by atoms with Gasteiger partial charge in [0.25, 0.3) is 0 Å². The highest BCUT2D eigenvalue weighted by atomic mass is 16.3. The van der Waals surface area contributed by atoms with Gasteiger partial charge in [-0.1, -0.05) is 18.2 Å². The molecular weight excluding hydrogens is 288 g/mol. The first kappa shape index (κ1) is 18.0. The van der Waals surface area contributed by atoms with Gasteiger partial charge in [-0.15, -0.1) is 0 Å². The third kappa shape index (κ3) is 5.96. The van der Waals surface area contributed by atoms with Crippen LogP contribution in [0.25, 0.3) is 0 Å². The maximum atomic E-state index is 11.9. The Morgan fingerprint density at radius 3 is 2.65 bits per heavy atom. The molecule has 4 heteroatoms. The maximum Gasteiger partial charge on any atom is 0.220 e. The summed E-state index contributed by atoms with van der Waals surface area (Å²) in [6.45, 7) is 8.22. The number of hydrogen-bond acceptors (Lipinski definition) is 3. The summed E-state index contributed by atoms with van der Waals surface area (Å²) in [6.07, 6.45) is 3.48. The topological polar surface area (TPSA) is 52.6 Å². The fraction of sp³-hybridized carbons (Fsp3) is 0.632. The Kier molecular flexibility index (Phi) is 7.06. The summed E-state index contributed by atoms with van der Waals surface area (Å²) in [4.78, 5) is 14.3. The minimum Gasteiger partial charge on any atom is -0.396 e. The summed E-state index contributed by atoms with van der Waals surface area (Å²) in [6, 6.07) is 6.41. The molecule has 1 aliphatic rings. The summed E-state index contributed by atoms with van der Waals surface area (Å²) in [7, 11) is 0. The Hall–Kier alpha value is -1.39. The Balaban J connectivity index is 1.61.